The van der Waals surface area contributed by atoms with Crippen molar-refractivity contribution in [2.75, 3.05) is 6.54 Å². The van der Waals surface area contributed by atoms with E-state index in [0.29, 0.717) is 12.1 Å². The minimum Gasteiger partial charge on any atom is -0.322 e. The van der Waals surface area contributed by atoms with Crippen molar-refractivity contribution >= 4 is 11.4 Å². The summed E-state index contributed by atoms with van der Waals surface area (Å²) in [4.78, 5) is 14.2. The van der Waals surface area contributed by atoms with Crippen LogP contribution in [0, 0.1) is 11.3 Å². The average Bonchev–Trinajstić information content (AvgIpc) is 2.90. The van der Waals surface area contributed by atoms with Crippen LogP contribution in [0.3, 0.4) is 0 Å². The van der Waals surface area contributed by atoms with Gasteiger partial charge in [0.05, 0.1) is 23.3 Å². The van der Waals surface area contributed by atoms with Crippen LogP contribution in [-0.2, 0) is 0 Å². The summed E-state index contributed by atoms with van der Waals surface area (Å²) in [7, 11) is 0. The van der Waals surface area contributed by atoms with Gasteiger partial charge in [0.15, 0.2) is 0 Å². The Labute approximate surface area is 111 Å². The molecule has 5 heteroatoms. The number of rotatable bonds is 1. The summed E-state index contributed by atoms with van der Waals surface area (Å²) in [5.41, 5.74) is 1.36. The Balaban J connectivity index is 1.97. The Kier molecular flexibility index (Phi) is 2.92. The first-order valence-electron chi connectivity index (χ1n) is 6.44. The van der Waals surface area contributed by atoms with E-state index >= 15 is 0 Å². The van der Waals surface area contributed by atoms with Crippen LogP contribution in [0.1, 0.15) is 29.6 Å². The summed E-state index contributed by atoms with van der Waals surface area (Å²) in [6, 6.07) is 7.53. The highest BCUT2D eigenvalue weighted by Gasteiger charge is 2.28. The summed E-state index contributed by atoms with van der Waals surface area (Å²) in [6.07, 6.45) is 6.13. The molecule has 0 aliphatic carbocycles. The zero-order chi connectivity index (χ0) is 13.2. The molecule has 1 aliphatic heterocycles. The first kappa shape index (κ1) is 11.7. The molecule has 2 aromatic rings. The third-order valence-electron chi connectivity index (χ3n) is 3.57. The molecule has 1 aliphatic rings. The van der Waals surface area contributed by atoms with Crippen LogP contribution in [-0.4, -0.2) is 33.0 Å². The van der Waals surface area contributed by atoms with Gasteiger partial charge in [-0.3, -0.25) is 4.79 Å². The van der Waals surface area contributed by atoms with E-state index in [1.54, 1.807) is 15.6 Å². The van der Waals surface area contributed by atoms with Gasteiger partial charge < -0.3 is 4.90 Å². The smallest absolute Gasteiger partial charge is 0.258 e. The van der Waals surface area contributed by atoms with Gasteiger partial charge in [-0.05, 0) is 31.4 Å². The van der Waals surface area contributed by atoms with E-state index in [9.17, 15) is 4.79 Å². The number of piperidine rings is 1. The zero-order valence-corrected chi connectivity index (χ0v) is 10.5. The molecule has 3 heterocycles. The summed E-state index contributed by atoms with van der Waals surface area (Å²) in [5.74, 6) is -0.0903. The van der Waals surface area contributed by atoms with Crippen molar-refractivity contribution in [1.29, 1.82) is 5.26 Å². The second-order valence-corrected chi connectivity index (χ2v) is 4.73. The van der Waals surface area contributed by atoms with Crippen LogP contribution >= 0.6 is 0 Å². The quantitative estimate of drug-likeness (QED) is 0.780. The predicted octanol–water partition coefficient (Wildman–Crippen LogP) is 1.85. The maximum Gasteiger partial charge on any atom is 0.258 e. The Morgan fingerprint density at radius 3 is 3.16 bits per heavy atom. The molecule has 0 bridgehead atoms. The molecular formula is C14H14N4O. The number of pyridine rings is 1. The van der Waals surface area contributed by atoms with Gasteiger partial charge in [0, 0.05) is 12.7 Å². The van der Waals surface area contributed by atoms with Crippen LogP contribution in [0.25, 0.3) is 5.52 Å². The highest BCUT2D eigenvalue weighted by Crippen LogP contribution is 2.21. The lowest BCUT2D eigenvalue weighted by atomic mass is 10.0. The highest BCUT2D eigenvalue weighted by atomic mass is 16.2. The lowest BCUT2D eigenvalue weighted by Gasteiger charge is -2.31. The second kappa shape index (κ2) is 4.73. The Bertz CT molecular complexity index is 655. The average molecular weight is 254 g/mol. The molecule has 5 nitrogen and oxygen atoms in total. The number of carbonyl (C=O) groups excluding carboxylic acids is 1. The molecule has 96 valence electrons. The van der Waals surface area contributed by atoms with Gasteiger partial charge in [-0.2, -0.15) is 10.4 Å². The number of aromatic nitrogens is 2. The molecule has 0 N–H and O–H groups in total. The predicted molar refractivity (Wildman–Crippen MR) is 69.5 cm³/mol. The normalized spacial score (nSPS) is 19.3. The van der Waals surface area contributed by atoms with Crippen molar-refractivity contribution in [1.82, 2.24) is 14.5 Å². The van der Waals surface area contributed by atoms with Crippen LogP contribution in [0.2, 0.25) is 0 Å². The molecule has 1 saturated heterocycles. The largest absolute Gasteiger partial charge is 0.322 e. The van der Waals surface area contributed by atoms with E-state index < -0.39 is 0 Å². The number of hydrogen-bond acceptors (Lipinski definition) is 3. The molecule has 1 fully saturated rings. The Morgan fingerprint density at radius 1 is 1.42 bits per heavy atom. The van der Waals surface area contributed by atoms with E-state index in [1.807, 2.05) is 24.4 Å². The molecule has 0 saturated carbocycles. The number of likely N-dealkylation sites (tertiary alicyclic amines) is 1. The van der Waals surface area contributed by atoms with Gasteiger partial charge in [0.1, 0.15) is 6.04 Å². The lowest BCUT2D eigenvalue weighted by Crippen LogP contribution is -2.42. The molecule has 0 radical (unpaired) electrons. The van der Waals surface area contributed by atoms with Gasteiger partial charge >= 0.3 is 0 Å². The van der Waals surface area contributed by atoms with Crippen molar-refractivity contribution in [3.8, 4) is 6.07 Å². The number of hydrogen-bond donors (Lipinski definition) is 0. The SMILES string of the molecule is N#CC1CCCCN1C(=O)c1cnn2ccccc12. The van der Waals surface area contributed by atoms with Crippen molar-refractivity contribution < 1.29 is 4.79 Å². The second-order valence-electron chi connectivity index (χ2n) is 4.73. The molecule has 3 rings (SSSR count). The molecule has 0 spiro atoms. The number of fused-ring (bicyclic) bond motifs is 1. The van der Waals surface area contributed by atoms with Gasteiger partial charge in [-0.1, -0.05) is 6.07 Å². The van der Waals surface area contributed by atoms with Crippen LogP contribution in [0.4, 0.5) is 0 Å². The Hall–Kier alpha value is -2.35. The molecule has 1 unspecified atom stereocenters. The number of nitrogens with zero attached hydrogens (tertiary/aromatic N) is 4. The summed E-state index contributed by atoms with van der Waals surface area (Å²) in [6.45, 7) is 0.654. The van der Waals surface area contributed by atoms with Crippen LogP contribution < -0.4 is 0 Å². The van der Waals surface area contributed by atoms with Gasteiger partial charge in [0.2, 0.25) is 0 Å². The van der Waals surface area contributed by atoms with E-state index in [1.165, 1.54) is 0 Å². The molecule has 2 aromatic heterocycles. The maximum absolute atomic E-state index is 12.6. The number of carbonyl (C=O) groups is 1. The summed E-state index contributed by atoms with van der Waals surface area (Å²) < 4.78 is 1.68. The molecule has 0 aromatic carbocycles. The minimum absolute atomic E-state index is 0.0903. The first-order chi connectivity index (χ1) is 9.31. The topological polar surface area (TPSA) is 61.4 Å². The number of nitriles is 1. The van der Waals surface area contributed by atoms with Crippen molar-refractivity contribution in [3.05, 3.63) is 36.2 Å². The van der Waals surface area contributed by atoms with Crippen LogP contribution in [0.5, 0.6) is 0 Å². The van der Waals surface area contributed by atoms with Gasteiger partial charge in [0.25, 0.3) is 5.91 Å². The number of amides is 1. The monoisotopic (exact) mass is 254 g/mol. The van der Waals surface area contributed by atoms with Gasteiger partial charge in [-0.25, -0.2) is 4.52 Å². The zero-order valence-electron chi connectivity index (χ0n) is 10.5. The van der Waals surface area contributed by atoms with Crippen LogP contribution in [0.15, 0.2) is 30.6 Å². The summed E-state index contributed by atoms with van der Waals surface area (Å²) in [5, 5.41) is 13.3. The third kappa shape index (κ3) is 1.95. The van der Waals surface area contributed by atoms with Crippen molar-refractivity contribution in [3.63, 3.8) is 0 Å². The molecule has 19 heavy (non-hydrogen) atoms. The molecule has 1 amide bonds. The highest BCUT2D eigenvalue weighted by molar-refractivity contribution is 6.00. The van der Waals surface area contributed by atoms with E-state index in [0.717, 1.165) is 24.8 Å². The maximum atomic E-state index is 12.6. The Morgan fingerprint density at radius 2 is 2.32 bits per heavy atom. The van der Waals surface area contributed by atoms with E-state index in [4.69, 9.17) is 5.26 Å². The lowest BCUT2D eigenvalue weighted by molar-refractivity contribution is 0.0672. The molecule has 1 atom stereocenters. The fourth-order valence-corrected chi connectivity index (χ4v) is 2.56. The standard InChI is InChI=1S/C14H14N4O/c15-9-11-5-1-3-7-17(11)14(19)12-10-16-18-8-4-2-6-13(12)18/h2,4,6,8,10-11H,1,3,5,7H2. The minimum atomic E-state index is -0.306. The van der Waals surface area contributed by atoms with Crippen molar-refractivity contribution in [2.45, 2.75) is 25.3 Å². The van der Waals surface area contributed by atoms with E-state index in [2.05, 4.69) is 11.2 Å². The fraction of sp³-hybridized carbons (Fsp3) is 0.357. The summed E-state index contributed by atoms with van der Waals surface area (Å²) >= 11 is 0. The first-order valence-corrected chi connectivity index (χ1v) is 6.44. The van der Waals surface area contributed by atoms with Gasteiger partial charge in [-0.15, -0.1) is 0 Å². The van der Waals surface area contributed by atoms with Crippen molar-refractivity contribution in [2.24, 2.45) is 0 Å². The molecular weight excluding hydrogens is 240 g/mol. The third-order valence-corrected chi connectivity index (χ3v) is 3.57. The van der Waals surface area contributed by atoms with E-state index in [-0.39, 0.29) is 11.9 Å². The fourth-order valence-electron chi connectivity index (χ4n) is 2.56.